The van der Waals surface area contributed by atoms with Crippen molar-refractivity contribution in [2.75, 3.05) is 39.3 Å². The summed E-state index contributed by atoms with van der Waals surface area (Å²) in [5.41, 5.74) is -0.702. The maximum absolute atomic E-state index is 12.9. The highest BCUT2D eigenvalue weighted by atomic mass is 16.7. The summed E-state index contributed by atoms with van der Waals surface area (Å²) in [6.07, 6.45) is 0.718. The van der Waals surface area contributed by atoms with E-state index >= 15 is 0 Å². The molecule has 8 nitrogen and oxygen atoms in total. The second-order valence-corrected chi connectivity index (χ2v) is 8.78. The van der Waals surface area contributed by atoms with Crippen LogP contribution in [0.4, 0.5) is 4.79 Å². The molecule has 0 saturated carbocycles. The largest absolute Gasteiger partial charge is 0.463 e. The van der Waals surface area contributed by atoms with E-state index in [0.29, 0.717) is 39.3 Å². The van der Waals surface area contributed by atoms with E-state index in [1.165, 1.54) is 6.92 Å². The molecule has 3 saturated heterocycles. The molecular weight excluding hydrogens is 349 g/mol. The number of nitrogens with one attached hydrogen (secondary N) is 1. The van der Waals surface area contributed by atoms with Crippen molar-refractivity contribution in [2.45, 2.75) is 64.2 Å². The van der Waals surface area contributed by atoms with Crippen LogP contribution >= 0.6 is 0 Å². The monoisotopic (exact) mass is 381 g/mol. The van der Waals surface area contributed by atoms with Gasteiger partial charge in [0.2, 0.25) is 5.91 Å². The predicted octanol–water partition coefficient (Wildman–Crippen LogP) is 1.11. The topological polar surface area (TPSA) is 80.3 Å². The van der Waals surface area contributed by atoms with Crippen LogP contribution in [0.15, 0.2) is 0 Å². The summed E-state index contributed by atoms with van der Waals surface area (Å²) in [6, 6.07) is 0.0325. The molecule has 3 rings (SSSR count). The van der Waals surface area contributed by atoms with E-state index in [0.717, 1.165) is 6.42 Å². The number of rotatable bonds is 3. The van der Waals surface area contributed by atoms with Crippen LogP contribution in [0, 0.1) is 0 Å². The zero-order chi connectivity index (χ0) is 19.8. The van der Waals surface area contributed by atoms with Crippen LogP contribution in [0.25, 0.3) is 0 Å². The summed E-state index contributed by atoms with van der Waals surface area (Å²) >= 11 is 0. The van der Waals surface area contributed by atoms with Gasteiger partial charge in [-0.2, -0.15) is 0 Å². The second-order valence-electron chi connectivity index (χ2n) is 8.78. The van der Waals surface area contributed by atoms with E-state index in [-0.39, 0.29) is 42.2 Å². The predicted molar refractivity (Wildman–Crippen MR) is 101 cm³/mol. The molecule has 3 aliphatic rings. The molecule has 3 amide bonds. The van der Waals surface area contributed by atoms with Gasteiger partial charge in [0.1, 0.15) is 0 Å². The lowest BCUT2D eigenvalue weighted by molar-refractivity contribution is -0.120. The van der Waals surface area contributed by atoms with Gasteiger partial charge >= 0.3 is 13.1 Å². The van der Waals surface area contributed by atoms with Crippen LogP contribution in [0.3, 0.4) is 0 Å². The van der Waals surface area contributed by atoms with Crippen LogP contribution in [-0.2, 0) is 18.8 Å². The Morgan fingerprint density at radius 2 is 1.70 bits per heavy atom. The van der Waals surface area contributed by atoms with Crippen LogP contribution < -0.4 is 5.32 Å². The van der Waals surface area contributed by atoms with Crippen molar-refractivity contribution in [1.29, 1.82) is 0 Å². The highest BCUT2D eigenvalue weighted by Crippen LogP contribution is 2.42. The summed E-state index contributed by atoms with van der Waals surface area (Å²) in [5, 5.41) is 2.76. The van der Waals surface area contributed by atoms with Crippen molar-refractivity contribution in [2.24, 2.45) is 0 Å². The zero-order valence-corrected chi connectivity index (χ0v) is 17.1. The highest BCUT2D eigenvalue weighted by Gasteiger charge is 2.55. The van der Waals surface area contributed by atoms with Gasteiger partial charge in [0.05, 0.1) is 30.5 Å². The summed E-state index contributed by atoms with van der Waals surface area (Å²) in [4.78, 5) is 27.7. The van der Waals surface area contributed by atoms with Gasteiger partial charge in [-0.1, -0.05) is 0 Å². The number of urea groups is 1. The van der Waals surface area contributed by atoms with Gasteiger partial charge in [0, 0.05) is 38.9 Å². The van der Waals surface area contributed by atoms with Gasteiger partial charge in [0.25, 0.3) is 0 Å². The number of carbonyl (C=O) groups is 2. The number of nitrogens with zero attached hydrogens (tertiary/aromatic N) is 2. The molecule has 0 aromatic heterocycles. The molecule has 0 aromatic carbocycles. The first-order chi connectivity index (χ1) is 12.6. The molecule has 3 heterocycles. The number of amides is 3. The number of morpholine rings is 1. The molecule has 27 heavy (non-hydrogen) atoms. The summed E-state index contributed by atoms with van der Waals surface area (Å²) in [5.74, 6) is 0.0954. The molecule has 9 heteroatoms. The fraction of sp³-hybridized carbons (Fsp3) is 0.889. The molecule has 0 aromatic rings. The molecule has 152 valence electrons. The standard InChI is InChI=1S/C18H32BN3O5/c1-13(23)20-10-15-12-22(8-9-25-15)16(24)21-7-6-14(11-21)19-26-17(2,3)18(4,5)27-19/h14-15H,6-12H2,1-5H3,(H,20,23). The lowest BCUT2D eigenvalue weighted by Crippen LogP contribution is -2.53. The lowest BCUT2D eigenvalue weighted by atomic mass is 9.71. The molecule has 3 fully saturated rings. The Kier molecular flexibility index (Phi) is 5.75. The third-order valence-corrected chi connectivity index (χ3v) is 6.14. The van der Waals surface area contributed by atoms with Crippen LogP contribution in [0.1, 0.15) is 41.0 Å². The van der Waals surface area contributed by atoms with Crippen molar-refractivity contribution in [3.05, 3.63) is 0 Å². The minimum absolute atomic E-state index is 0.0325. The van der Waals surface area contributed by atoms with E-state index in [4.69, 9.17) is 14.0 Å². The van der Waals surface area contributed by atoms with E-state index < -0.39 is 0 Å². The Bertz CT molecular complexity index is 569. The van der Waals surface area contributed by atoms with Crippen molar-refractivity contribution in [3.63, 3.8) is 0 Å². The number of carbonyl (C=O) groups excluding carboxylic acids is 2. The van der Waals surface area contributed by atoms with Crippen LogP contribution in [-0.4, -0.2) is 85.5 Å². The van der Waals surface area contributed by atoms with Crippen molar-refractivity contribution in [3.8, 4) is 0 Å². The third kappa shape index (κ3) is 4.41. The van der Waals surface area contributed by atoms with Crippen LogP contribution in [0.2, 0.25) is 5.82 Å². The Morgan fingerprint density at radius 1 is 1.07 bits per heavy atom. The molecule has 3 aliphatic heterocycles. The first-order valence-electron chi connectivity index (χ1n) is 9.84. The Balaban J connectivity index is 1.53. The van der Waals surface area contributed by atoms with Gasteiger partial charge in [-0.3, -0.25) is 4.79 Å². The maximum Gasteiger partial charge on any atom is 0.463 e. The molecule has 2 atom stereocenters. The van der Waals surface area contributed by atoms with E-state index in [9.17, 15) is 9.59 Å². The summed E-state index contributed by atoms with van der Waals surface area (Å²) < 4.78 is 18.0. The summed E-state index contributed by atoms with van der Waals surface area (Å²) in [6.45, 7) is 13.0. The summed E-state index contributed by atoms with van der Waals surface area (Å²) in [7, 11) is -0.273. The van der Waals surface area contributed by atoms with Crippen molar-refractivity contribution in [1.82, 2.24) is 15.1 Å². The average molecular weight is 381 g/mol. The third-order valence-electron chi connectivity index (χ3n) is 6.14. The first-order valence-corrected chi connectivity index (χ1v) is 9.84. The second kappa shape index (κ2) is 7.60. The molecule has 0 spiro atoms. The van der Waals surface area contributed by atoms with E-state index in [1.54, 1.807) is 0 Å². The van der Waals surface area contributed by atoms with Gasteiger partial charge in [-0.15, -0.1) is 0 Å². The number of likely N-dealkylation sites (tertiary alicyclic amines) is 1. The first kappa shape index (κ1) is 20.4. The molecule has 0 aliphatic carbocycles. The van der Waals surface area contributed by atoms with Gasteiger partial charge in [-0.05, 0) is 34.1 Å². The Labute approximate surface area is 162 Å². The van der Waals surface area contributed by atoms with Gasteiger partial charge in [-0.25, -0.2) is 4.79 Å². The number of hydrogen-bond donors (Lipinski definition) is 1. The minimum atomic E-state index is -0.351. The maximum atomic E-state index is 12.9. The van der Waals surface area contributed by atoms with Gasteiger partial charge in [0.15, 0.2) is 0 Å². The highest BCUT2D eigenvalue weighted by molar-refractivity contribution is 6.47. The van der Waals surface area contributed by atoms with Crippen LogP contribution in [0.5, 0.6) is 0 Å². The molecule has 0 radical (unpaired) electrons. The smallest absolute Gasteiger partial charge is 0.403 e. The van der Waals surface area contributed by atoms with E-state index in [2.05, 4.69) is 5.32 Å². The minimum Gasteiger partial charge on any atom is -0.403 e. The zero-order valence-electron chi connectivity index (χ0n) is 17.1. The average Bonchev–Trinajstić information content (AvgIpc) is 3.15. The van der Waals surface area contributed by atoms with Gasteiger partial charge < -0.3 is 29.2 Å². The number of ether oxygens (including phenoxy) is 1. The molecule has 0 bridgehead atoms. The van der Waals surface area contributed by atoms with Crippen molar-refractivity contribution >= 4 is 19.1 Å². The Morgan fingerprint density at radius 3 is 2.33 bits per heavy atom. The molecular formula is C18H32BN3O5. The fourth-order valence-electron chi connectivity index (χ4n) is 3.74. The Hall–Kier alpha value is -1.32. The fourth-order valence-corrected chi connectivity index (χ4v) is 3.74. The molecule has 1 N–H and O–H groups in total. The van der Waals surface area contributed by atoms with E-state index in [1.807, 2.05) is 37.5 Å². The van der Waals surface area contributed by atoms with Crippen molar-refractivity contribution < 1.29 is 23.6 Å². The molecule has 2 unspecified atom stereocenters. The quantitative estimate of drug-likeness (QED) is 0.741. The lowest BCUT2D eigenvalue weighted by Gasteiger charge is -2.35. The normalized spacial score (nSPS) is 29.9. The number of hydrogen-bond acceptors (Lipinski definition) is 5. The SMILES string of the molecule is CC(=O)NCC1CN(C(=O)N2CCC(B3OC(C)(C)C(C)(C)O3)C2)CCO1.